The molecule has 0 fully saturated rings. The summed E-state index contributed by atoms with van der Waals surface area (Å²) in [4.78, 5) is 12.4. The Bertz CT molecular complexity index is 728. The van der Waals surface area contributed by atoms with E-state index in [1.807, 2.05) is 59.9 Å². The van der Waals surface area contributed by atoms with Crippen molar-refractivity contribution in [3.8, 4) is 0 Å². The molecule has 1 aliphatic rings. The molecular formula is C19H21ClN3O+. The molecule has 24 heavy (non-hydrogen) atoms. The molecule has 2 aromatic rings. The second kappa shape index (κ2) is 7.60. The van der Waals surface area contributed by atoms with Crippen molar-refractivity contribution in [3.05, 3.63) is 70.7 Å². The minimum Gasteiger partial charge on any atom is -0.332 e. The van der Waals surface area contributed by atoms with E-state index < -0.39 is 0 Å². The zero-order chi connectivity index (χ0) is 16.9. The van der Waals surface area contributed by atoms with E-state index in [0.717, 1.165) is 28.3 Å². The van der Waals surface area contributed by atoms with E-state index in [1.54, 1.807) is 5.01 Å². The van der Waals surface area contributed by atoms with Crippen molar-refractivity contribution in [1.29, 1.82) is 0 Å². The quantitative estimate of drug-likeness (QED) is 0.892. The van der Waals surface area contributed by atoms with Crippen molar-refractivity contribution in [2.24, 2.45) is 5.10 Å². The number of amides is 1. The summed E-state index contributed by atoms with van der Waals surface area (Å²) in [5.41, 5.74) is 3.23. The maximum atomic E-state index is 12.4. The van der Waals surface area contributed by atoms with Crippen LogP contribution in [0.15, 0.2) is 59.7 Å². The molecule has 1 aliphatic heterocycles. The lowest BCUT2D eigenvalue weighted by atomic mass is 10.1. The lowest BCUT2D eigenvalue weighted by molar-refractivity contribution is -0.683. The third-order valence-electron chi connectivity index (χ3n) is 4.24. The van der Waals surface area contributed by atoms with Gasteiger partial charge in [0.15, 0.2) is 6.54 Å². The topological polar surface area (TPSA) is 49.3 Å². The zero-order valence-corrected chi connectivity index (χ0v) is 14.4. The van der Waals surface area contributed by atoms with Crippen molar-refractivity contribution in [2.75, 3.05) is 13.1 Å². The standard InChI is InChI=1S/C19H20ClN3O/c1-14(15-7-9-17(20)10-8-15)21-13-19(24)23-12-11-18(22-23)16-5-3-2-4-6-16/h2-10,14,21H,11-13H2,1H3/p+1/t14-/m1/s1. The molecule has 5 heteroatoms. The maximum Gasteiger partial charge on any atom is 0.297 e. The molecule has 0 saturated heterocycles. The van der Waals surface area contributed by atoms with Crippen LogP contribution in [0.3, 0.4) is 0 Å². The zero-order valence-electron chi connectivity index (χ0n) is 13.7. The molecule has 3 rings (SSSR count). The average Bonchev–Trinajstić information content (AvgIpc) is 3.11. The molecule has 0 saturated carbocycles. The van der Waals surface area contributed by atoms with Crippen LogP contribution < -0.4 is 5.32 Å². The van der Waals surface area contributed by atoms with Gasteiger partial charge in [0.1, 0.15) is 6.04 Å². The van der Waals surface area contributed by atoms with Crippen LogP contribution in [0.4, 0.5) is 0 Å². The normalized spacial score (nSPS) is 15.2. The molecule has 0 aliphatic carbocycles. The van der Waals surface area contributed by atoms with E-state index in [1.165, 1.54) is 0 Å². The predicted octanol–water partition coefficient (Wildman–Crippen LogP) is 2.60. The summed E-state index contributed by atoms with van der Waals surface area (Å²) in [6, 6.07) is 18.0. The third-order valence-corrected chi connectivity index (χ3v) is 4.49. The Labute approximate surface area is 147 Å². The summed E-state index contributed by atoms with van der Waals surface area (Å²) < 4.78 is 0. The van der Waals surface area contributed by atoms with Crippen LogP contribution in [0, 0.1) is 0 Å². The maximum absolute atomic E-state index is 12.4. The lowest BCUT2D eigenvalue weighted by Crippen LogP contribution is -2.86. The summed E-state index contributed by atoms with van der Waals surface area (Å²) >= 11 is 5.91. The number of hydrogen-bond donors (Lipinski definition) is 1. The summed E-state index contributed by atoms with van der Waals surface area (Å²) in [6.45, 7) is 3.13. The number of hydrogen-bond acceptors (Lipinski definition) is 2. The van der Waals surface area contributed by atoms with Crippen LogP contribution in [0.5, 0.6) is 0 Å². The Morgan fingerprint density at radius 3 is 2.62 bits per heavy atom. The number of benzene rings is 2. The van der Waals surface area contributed by atoms with Crippen molar-refractivity contribution in [1.82, 2.24) is 5.01 Å². The van der Waals surface area contributed by atoms with Gasteiger partial charge in [-0.2, -0.15) is 5.10 Å². The molecule has 0 aromatic heterocycles. The molecule has 1 atom stereocenters. The molecule has 1 amide bonds. The second-order valence-corrected chi connectivity index (χ2v) is 6.40. The molecule has 0 radical (unpaired) electrons. The second-order valence-electron chi connectivity index (χ2n) is 5.96. The van der Waals surface area contributed by atoms with E-state index >= 15 is 0 Å². The molecule has 0 unspecified atom stereocenters. The van der Waals surface area contributed by atoms with E-state index in [0.29, 0.717) is 13.1 Å². The number of hydrazone groups is 1. The highest BCUT2D eigenvalue weighted by atomic mass is 35.5. The highest BCUT2D eigenvalue weighted by Gasteiger charge is 2.23. The van der Waals surface area contributed by atoms with Gasteiger partial charge in [-0.05, 0) is 24.6 Å². The van der Waals surface area contributed by atoms with E-state index in [4.69, 9.17) is 11.6 Å². The fourth-order valence-electron chi connectivity index (χ4n) is 2.76. The van der Waals surface area contributed by atoms with Gasteiger partial charge in [-0.15, -0.1) is 0 Å². The molecule has 124 valence electrons. The fourth-order valence-corrected chi connectivity index (χ4v) is 2.88. The summed E-state index contributed by atoms with van der Waals surface area (Å²) in [5.74, 6) is 0.0433. The molecule has 4 nitrogen and oxygen atoms in total. The van der Waals surface area contributed by atoms with Gasteiger partial charge in [0.2, 0.25) is 0 Å². The van der Waals surface area contributed by atoms with Crippen LogP contribution >= 0.6 is 11.6 Å². The number of nitrogens with zero attached hydrogens (tertiary/aromatic N) is 2. The monoisotopic (exact) mass is 342 g/mol. The van der Waals surface area contributed by atoms with Crippen molar-refractivity contribution >= 4 is 23.2 Å². The lowest BCUT2D eigenvalue weighted by Gasteiger charge is -2.14. The predicted molar refractivity (Wildman–Crippen MR) is 96.0 cm³/mol. The van der Waals surface area contributed by atoms with Gasteiger partial charge in [0, 0.05) is 17.0 Å². The van der Waals surface area contributed by atoms with Gasteiger partial charge >= 0.3 is 0 Å². The molecule has 1 heterocycles. The molecule has 0 bridgehead atoms. The third kappa shape index (κ3) is 4.02. The van der Waals surface area contributed by atoms with Crippen molar-refractivity contribution in [3.63, 3.8) is 0 Å². The molecular weight excluding hydrogens is 322 g/mol. The Morgan fingerprint density at radius 2 is 1.92 bits per heavy atom. The smallest absolute Gasteiger partial charge is 0.297 e. The minimum atomic E-state index is 0.0433. The number of carbonyl (C=O) groups excluding carboxylic acids is 1. The van der Waals surface area contributed by atoms with Crippen LogP contribution in [-0.4, -0.2) is 29.7 Å². The van der Waals surface area contributed by atoms with E-state index in [2.05, 4.69) is 12.0 Å². The van der Waals surface area contributed by atoms with Gasteiger partial charge in [-0.1, -0.05) is 54.1 Å². The van der Waals surface area contributed by atoms with Crippen LogP contribution in [0.2, 0.25) is 5.02 Å². The van der Waals surface area contributed by atoms with Crippen molar-refractivity contribution in [2.45, 2.75) is 19.4 Å². The van der Waals surface area contributed by atoms with E-state index in [-0.39, 0.29) is 11.9 Å². The number of rotatable bonds is 5. The minimum absolute atomic E-state index is 0.0433. The molecule has 2 N–H and O–H groups in total. The summed E-state index contributed by atoms with van der Waals surface area (Å²) in [7, 11) is 0. The van der Waals surface area contributed by atoms with Crippen LogP contribution in [0.25, 0.3) is 0 Å². The molecule has 0 spiro atoms. The first-order valence-corrected chi connectivity index (χ1v) is 8.53. The summed E-state index contributed by atoms with van der Waals surface area (Å²) in [5, 5.41) is 8.83. The SMILES string of the molecule is C[C@@H]([NH2+]CC(=O)N1CCC(c2ccccc2)=N1)c1ccc(Cl)cc1. The van der Waals surface area contributed by atoms with Gasteiger partial charge in [0.25, 0.3) is 5.91 Å². The Kier molecular flexibility index (Phi) is 5.28. The van der Waals surface area contributed by atoms with Gasteiger partial charge in [-0.3, -0.25) is 4.79 Å². The van der Waals surface area contributed by atoms with Crippen LogP contribution in [0.1, 0.15) is 30.5 Å². The summed E-state index contributed by atoms with van der Waals surface area (Å²) in [6.07, 6.45) is 0.808. The number of carbonyl (C=O) groups is 1. The highest BCUT2D eigenvalue weighted by molar-refractivity contribution is 6.30. The largest absolute Gasteiger partial charge is 0.332 e. The average molecular weight is 343 g/mol. The Hall–Kier alpha value is -2.17. The number of quaternary nitrogens is 1. The first-order valence-electron chi connectivity index (χ1n) is 8.15. The van der Waals surface area contributed by atoms with Gasteiger partial charge in [-0.25, -0.2) is 5.01 Å². The van der Waals surface area contributed by atoms with Crippen LogP contribution in [-0.2, 0) is 4.79 Å². The van der Waals surface area contributed by atoms with Gasteiger partial charge < -0.3 is 5.32 Å². The fraction of sp³-hybridized carbons (Fsp3) is 0.263. The molecule has 2 aromatic carbocycles. The first-order chi connectivity index (χ1) is 11.6. The van der Waals surface area contributed by atoms with Crippen molar-refractivity contribution < 1.29 is 10.1 Å². The highest BCUT2D eigenvalue weighted by Crippen LogP contribution is 2.14. The Balaban J connectivity index is 1.56. The Morgan fingerprint density at radius 1 is 1.21 bits per heavy atom. The first kappa shape index (κ1) is 16.7. The number of nitrogens with two attached hydrogens (primary N) is 1. The van der Waals surface area contributed by atoms with Gasteiger partial charge in [0.05, 0.1) is 12.3 Å². The van der Waals surface area contributed by atoms with E-state index in [9.17, 15) is 4.79 Å². The number of halogens is 1.